The van der Waals surface area contributed by atoms with E-state index in [2.05, 4.69) is 9.89 Å². The molecule has 3 aromatic rings. The molecule has 4 rings (SSSR count). The highest BCUT2D eigenvalue weighted by Gasteiger charge is 2.31. The number of carboxylic acid groups (broad SMARTS) is 1. The van der Waals surface area contributed by atoms with Gasteiger partial charge in [-0.2, -0.15) is 0 Å². The molecule has 2 aromatic carbocycles. The topological polar surface area (TPSA) is 94.3 Å². The van der Waals surface area contributed by atoms with E-state index in [4.69, 9.17) is 14.0 Å². The number of morpholine rings is 1. The van der Waals surface area contributed by atoms with Crippen LogP contribution in [0.15, 0.2) is 47.0 Å². The number of hydrogen-bond donors (Lipinski definition) is 1. The fourth-order valence-corrected chi connectivity index (χ4v) is 3.27. The number of alkyl halides is 3. The Morgan fingerprint density at radius 3 is 2.65 bits per heavy atom. The van der Waals surface area contributed by atoms with Gasteiger partial charge in [-0.05, 0) is 40.5 Å². The number of rotatable bonds is 5. The Morgan fingerprint density at radius 1 is 1.19 bits per heavy atom. The Labute approximate surface area is 173 Å². The molecule has 1 amide bonds. The molecular formula is C20H17F3N2O6. The first-order valence-electron chi connectivity index (χ1n) is 9.26. The zero-order valence-corrected chi connectivity index (χ0v) is 16.0. The van der Waals surface area contributed by atoms with Crippen molar-refractivity contribution in [2.75, 3.05) is 26.4 Å². The molecule has 0 unspecified atom stereocenters. The van der Waals surface area contributed by atoms with E-state index >= 15 is 0 Å². The molecule has 8 nitrogen and oxygen atoms in total. The van der Waals surface area contributed by atoms with Crippen molar-refractivity contribution >= 4 is 17.1 Å². The number of aromatic nitrogens is 1. The molecule has 0 spiro atoms. The lowest BCUT2D eigenvalue weighted by molar-refractivity contribution is -0.274. The standard InChI is InChI=1S/C20H17F3N2O6/c21-20(22,23)30-15-4-1-12(2-5-15)13-3-6-17-16(9-13)18(24-31-17)29-11-14-10-28-8-7-25(14)19(26)27/h1-6,9,14H,7-8,10-11H2,(H,26,27)/t14-/m0/s1. The number of nitrogens with zero attached hydrogens (tertiary/aromatic N) is 2. The predicted molar refractivity (Wildman–Crippen MR) is 101 cm³/mol. The maximum Gasteiger partial charge on any atom is 0.573 e. The van der Waals surface area contributed by atoms with E-state index in [0.717, 1.165) is 0 Å². The molecule has 0 radical (unpaired) electrons. The molecule has 0 saturated carbocycles. The van der Waals surface area contributed by atoms with Gasteiger partial charge in [0, 0.05) is 6.54 Å². The summed E-state index contributed by atoms with van der Waals surface area (Å²) in [6, 6.07) is 10.1. The summed E-state index contributed by atoms with van der Waals surface area (Å²) in [7, 11) is 0. The number of carbonyl (C=O) groups is 1. The number of hydrogen-bond acceptors (Lipinski definition) is 6. The van der Waals surface area contributed by atoms with E-state index < -0.39 is 18.5 Å². The first-order chi connectivity index (χ1) is 14.8. The zero-order valence-electron chi connectivity index (χ0n) is 16.0. The quantitative estimate of drug-likeness (QED) is 0.640. The van der Waals surface area contributed by atoms with E-state index in [9.17, 15) is 23.1 Å². The van der Waals surface area contributed by atoms with Crippen LogP contribution in [0.4, 0.5) is 18.0 Å². The minimum Gasteiger partial charge on any atom is -0.473 e. The SMILES string of the molecule is O=C(O)N1CCOC[C@H]1COc1noc2ccc(-c3ccc(OC(F)(F)F)cc3)cc12. The van der Waals surface area contributed by atoms with Gasteiger partial charge in [0.25, 0.3) is 5.88 Å². The van der Waals surface area contributed by atoms with Crippen LogP contribution in [0.5, 0.6) is 11.6 Å². The van der Waals surface area contributed by atoms with E-state index in [1.807, 2.05) is 0 Å². The monoisotopic (exact) mass is 438 g/mol. The first-order valence-corrected chi connectivity index (χ1v) is 9.26. The zero-order chi connectivity index (χ0) is 22.0. The lowest BCUT2D eigenvalue weighted by Gasteiger charge is -2.32. The molecule has 11 heteroatoms. The third kappa shape index (κ3) is 4.82. The second kappa shape index (κ2) is 8.34. The molecule has 1 saturated heterocycles. The van der Waals surface area contributed by atoms with Gasteiger partial charge in [0.1, 0.15) is 12.4 Å². The molecule has 1 N–H and O–H groups in total. The normalized spacial score (nSPS) is 17.0. The summed E-state index contributed by atoms with van der Waals surface area (Å²) in [6.45, 7) is 0.814. The number of fused-ring (bicyclic) bond motifs is 1. The second-order valence-corrected chi connectivity index (χ2v) is 6.79. The van der Waals surface area contributed by atoms with Crippen LogP contribution in [0.1, 0.15) is 0 Å². The van der Waals surface area contributed by atoms with Gasteiger partial charge in [-0.15, -0.1) is 13.2 Å². The summed E-state index contributed by atoms with van der Waals surface area (Å²) in [5.41, 5.74) is 1.80. The summed E-state index contributed by atoms with van der Waals surface area (Å²) in [5, 5.41) is 13.7. The Bertz CT molecular complexity index is 1070. The van der Waals surface area contributed by atoms with Crippen LogP contribution in [0.2, 0.25) is 0 Å². The molecule has 1 fully saturated rings. The van der Waals surface area contributed by atoms with Crippen molar-refractivity contribution in [3.63, 3.8) is 0 Å². The first kappa shape index (κ1) is 20.8. The number of halogens is 3. The van der Waals surface area contributed by atoms with Gasteiger partial charge in [0.15, 0.2) is 5.58 Å². The molecule has 164 valence electrons. The van der Waals surface area contributed by atoms with Gasteiger partial charge < -0.3 is 23.8 Å². The summed E-state index contributed by atoms with van der Waals surface area (Å²) < 4.78 is 57.1. The van der Waals surface area contributed by atoms with Crippen LogP contribution in [0.3, 0.4) is 0 Å². The second-order valence-electron chi connectivity index (χ2n) is 6.79. The molecule has 1 aliphatic rings. The van der Waals surface area contributed by atoms with Crippen molar-refractivity contribution in [3.8, 4) is 22.8 Å². The Morgan fingerprint density at radius 2 is 1.94 bits per heavy atom. The largest absolute Gasteiger partial charge is 0.573 e. The van der Waals surface area contributed by atoms with Gasteiger partial charge in [-0.3, -0.25) is 4.90 Å². The molecule has 0 bridgehead atoms. The summed E-state index contributed by atoms with van der Waals surface area (Å²) >= 11 is 0. The lowest BCUT2D eigenvalue weighted by Crippen LogP contribution is -2.50. The molecule has 1 aliphatic heterocycles. The Balaban J connectivity index is 1.52. The number of ether oxygens (including phenoxy) is 3. The minimum absolute atomic E-state index is 0.0294. The summed E-state index contributed by atoms with van der Waals surface area (Å²) in [5.74, 6) is -0.131. The predicted octanol–water partition coefficient (Wildman–Crippen LogP) is 4.15. The third-order valence-electron chi connectivity index (χ3n) is 4.74. The van der Waals surface area contributed by atoms with Crippen molar-refractivity contribution in [2.45, 2.75) is 12.4 Å². The third-order valence-corrected chi connectivity index (χ3v) is 4.74. The van der Waals surface area contributed by atoms with Gasteiger partial charge in [0.05, 0.1) is 24.6 Å². The molecule has 31 heavy (non-hydrogen) atoms. The van der Waals surface area contributed by atoms with Crippen LogP contribution < -0.4 is 9.47 Å². The maximum atomic E-state index is 12.3. The minimum atomic E-state index is -4.76. The van der Waals surface area contributed by atoms with Crippen LogP contribution in [-0.4, -0.2) is 60.0 Å². The van der Waals surface area contributed by atoms with Crippen molar-refractivity contribution < 1.29 is 41.8 Å². The van der Waals surface area contributed by atoms with Crippen LogP contribution >= 0.6 is 0 Å². The van der Waals surface area contributed by atoms with Gasteiger partial charge in [0.2, 0.25) is 0 Å². The molecular weight excluding hydrogens is 421 g/mol. The summed E-state index contributed by atoms with van der Waals surface area (Å²) in [6.07, 6.45) is -5.81. The van der Waals surface area contributed by atoms with Crippen LogP contribution in [-0.2, 0) is 4.74 Å². The number of benzene rings is 2. The highest BCUT2D eigenvalue weighted by atomic mass is 19.4. The fraction of sp³-hybridized carbons (Fsp3) is 0.300. The average Bonchev–Trinajstić information content (AvgIpc) is 3.14. The Hall–Kier alpha value is -3.47. The molecule has 2 heterocycles. The van der Waals surface area contributed by atoms with E-state index in [1.165, 1.54) is 29.2 Å². The van der Waals surface area contributed by atoms with Crippen molar-refractivity contribution in [3.05, 3.63) is 42.5 Å². The van der Waals surface area contributed by atoms with E-state index in [0.29, 0.717) is 28.7 Å². The average molecular weight is 438 g/mol. The fourth-order valence-electron chi connectivity index (χ4n) is 3.27. The highest BCUT2D eigenvalue weighted by Crippen LogP contribution is 2.32. The molecule has 1 atom stereocenters. The van der Waals surface area contributed by atoms with Crippen LogP contribution in [0.25, 0.3) is 22.1 Å². The van der Waals surface area contributed by atoms with Crippen molar-refractivity contribution in [2.24, 2.45) is 0 Å². The van der Waals surface area contributed by atoms with Gasteiger partial charge in [-0.1, -0.05) is 18.2 Å². The molecule has 0 aliphatic carbocycles. The van der Waals surface area contributed by atoms with E-state index in [-0.39, 0.29) is 31.4 Å². The summed E-state index contributed by atoms with van der Waals surface area (Å²) in [4.78, 5) is 12.6. The molecule has 1 aromatic heterocycles. The maximum absolute atomic E-state index is 12.3. The Kier molecular flexibility index (Phi) is 5.59. The van der Waals surface area contributed by atoms with E-state index in [1.54, 1.807) is 18.2 Å². The van der Waals surface area contributed by atoms with Gasteiger partial charge in [-0.25, -0.2) is 4.79 Å². The van der Waals surface area contributed by atoms with Crippen molar-refractivity contribution in [1.82, 2.24) is 10.1 Å². The number of amides is 1. The van der Waals surface area contributed by atoms with Crippen molar-refractivity contribution in [1.29, 1.82) is 0 Å². The highest BCUT2D eigenvalue weighted by molar-refractivity contribution is 5.87. The smallest absolute Gasteiger partial charge is 0.473 e. The van der Waals surface area contributed by atoms with Crippen LogP contribution in [0, 0.1) is 0 Å². The van der Waals surface area contributed by atoms with Gasteiger partial charge >= 0.3 is 12.5 Å². The lowest BCUT2D eigenvalue weighted by atomic mass is 10.0.